The van der Waals surface area contributed by atoms with Gasteiger partial charge in [0.2, 0.25) is 5.89 Å². The molecule has 0 saturated heterocycles. The number of rotatable bonds is 4. The predicted molar refractivity (Wildman–Crippen MR) is 75.2 cm³/mol. The maximum Gasteiger partial charge on any atom is 0.240 e. The SMILES string of the molecule is Cc1noc(CNCc2c(O)ccc3ccccc23)n1. The highest BCUT2D eigenvalue weighted by Crippen LogP contribution is 2.26. The third-order valence-corrected chi connectivity index (χ3v) is 3.16. The van der Waals surface area contributed by atoms with Crippen LogP contribution >= 0.6 is 0 Å². The highest BCUT2D eigenvalue weighted by atomic mass is 16.5. The molecule has 5 nitrogen and oxygen atoms in total. The molecule has 0 amide bonds. The van der Waals surface area contributed by atoms with Gasteiger partial charge in [-0.05, 0) is 23.8 Å². The number of phenols is 1. The van der Waals surface area contributed by atoms with Gasteiger partial charge < -0.3 is 14.9 Å². The lowest BCUT2D eigenvalue weighted by Crippen LogP contribution is -2.13. The monoisotopic (exact) mass is 269 g/mol. The zero-order valence-electron chi connectivity index (χ0n) is 11.1. The maximum atomic E-state index is 10.0. The van der Waals surface area contributed by atoms with E-state index in [9.17, 15) is 5.11 Å². The molecule has 0 saturated carbocycles. The Morgan fingerprint density at radius 1 is 1.15 bits per heavy atom. The molecule has 0 spiro atoms. The van der Waals surface area contributed by atoms with Crippen LogP contribution < -0.4 is 5.32 Å². The number of nitrogens with zero attached hydrogens (tertiary/aromatic N) is 2. The first kappa shape index (κ1) is 12.6. The molecule has 3 aromatic rings. The molecule has 20 heavy (non-hydrogen) atoms. The van der Waals surface area contributed by atoms with Gasteiger partial charge in [0, 0.05) is 12.1 Å². The molecule has 1 aromatic heterocycles. The van der Waals surface area contributed by atoms with E-state index < -0.39 is 0 Å². The third kappa shape index (κ3) is 2.48. The van der Waals surface area contributed by atoms with Crippen LogP contribution in [-0.4, -0.2) is 15.2 Å². The summed E-state index contributed by atoms with van der Waals surface area (Å²) in [6.07, 6.45) is 0. The van der Waals surface area contributed by atoms with Crippen molar-refractivity contribution in [1.82, 2.24) is 15.5 Å². The van der Waals surface area contributed by atoms with Crippen molar-refractivity contribution in [3.63, 3.8) is 0 Å². The molecule has 0 fully saturated rings. The molecule has 0 radical (unpaired) electrons. The number of hydrogen-bond donors (Lipinski definition) is 2. The number of phenolic OH excluding ortho intramolecular Hbond substituents is 1. The number of hydrogen-bond acceptors (Lipinski definition) is 5. The largest absolute Gasteiger partial charge is 0.508 e. The Labute approximate surface area is 116 Å². The molecular weight excluding hydrogens is 254 g/mol. The van der Waals surface area contributed by atoms with Crippen molar-refractivity contribution in [3.8, 4) is 5.75 Å². The second-order valence-corrected chi connectivity index (χ2v) is 4.62. The third-order valence-electron chi connectivity index (χ3n) is 3.16. The summed E-state index contributed by atoms with van der Waals surface area (Å²) in [7, 11) is 0. The van der Waals surface area contributed by atoms with Crippen LogP contribution in [0.25, 0.3) is 10.8 Å². The van der Waals surface area contributed by atoms with Crippen LogP contribution in [0.1, 0.15) is 17.3 Å². The van der Waals surface area contributed by atoms with E-state index in [-0.39, 0.29) is 5.75 Å². The average Bonchev–Trinajstić information content (AvgIpc) is 2.87. The van der Waals surface area contributed by atoms with Gasteiger partial charge in [0.25, 0.3) is 0 Å². The molecule has 0 atom stereocenters. The number of nitrogens with one attached hydrogen (secondary N) is 1. The van der Waals surface area contributed by atoms with E-state index in [1.165, 1.54) is 0 Å². The first-order valence-corrected chi connectivity index (χ1v) is 6.43. The summed E-state index contributed by atoms with van der Waals surface area (Å²) in [5.74, 6) is 1.45. The fourth-order valence-electron chi connectivity index (χ4n) is 2.22. The van der Waals surface area contributed by atoms with E-state index in [2.05, 4.69) is 15.5 Å². The number of aromatic nitrogens is 2. The van der Waals surface area contributed by atoms with Crippen LogP contribution in [0.2, 0.25) is 0 Å². The first-order chi connectivity index (χ1) is 9.74. The van der Waals surface area contributed by atoms with Crippen LogP contribution in [-0.2, 0) is 13.1 Å². The molecule has 0 unspecified atom stereocenters. The Morgan fingerprint density at radius 2 is 2.00 bits per heavy atom. The molecule has 2 N–H and O–H groups in total. The normalized spacial score (nSPS) is 11.1. The Morgan fingerprint density at radius 3 is 2.80 bits per heavy atom. The highest BCUT2D eigenvalue weighted by Gasteiger charge is 2.07. The molecule has 5 heteroatoms. The zero-order chi connectivity index (χ0) is 13.9. The molecule has 1 heterocycles. The smallest absolute Gasteiger partial charge is 0.240 e. The minimum atomic E-state index is 0.290. The fraction of sp³-hybridized carbons (Fsp3) is 0.200. The van der Waals surface area contributed by atoms with Gasteiger partial charge in [-0.2, -0.15) is 4.98 Å². The second-order valence-electron chi connectivity index (χ2n) is 4.62. The zero-order valence-corrected chi connectivity index (χ0v) is 11.1. The summed E-state index contributed by atoms with van der Waals surface area (Å²) in [4.78, 5) is 4.12. The van der Waals surface area contributed by atoms with Gasteiger partial charge in [-0.1, -0.05) is 35.5 Å². The first-order valence-electron chi connectivity index (χ1n) is 6.43. The van der Waals surface area contributed by atoms with Gasteiger partial charge in [0.1, 0.15) is 5.75 Å². The Balaban J connectivity index is 1.78. The number of aryl methyl sites for hydroxylation is 1. The van der Waals surface area contributed by atoms with Crippen molar-refractivity contribution in [1.29, 1.82) is 0 Å². The molecule has 0 aliphatic heterocycles. The average molecular weight is 269 g/mol. The highest BCUT2D eigenvalue weighted by molar-refractivity contribution is 5.87. The minimum absolute atomic E-state index is 0.290. The van der Waals surface area contributed by atoms with Gasteiger partial charge >= 0.3 is 0 Å². The summed E-state index contributed by atoms with van der Waals surface area (Å²) < 4.78 is 5.03. The van der Waals surface area contributed by atoms with Crippen LogP contribution in [0.4, 0.5) is 0 Å². The van der Waals surface area contributed by atoms with Crippen molar-refractivity contribution in [2.24, 2.45) is 0 Å². The lowest BCUT2D eigenvalue weighted by atomic mass is 10.0. The van der Waals surface area contributed by atoms with Crippen LogP contribution in [0.15, 0.2) is 40.9 Å². The quantitative estimate of drug-likeness (QED) is 0.761. The lowest BCUT2D eigenvalue weighted by Gasteiger charge is -2.09. The van der Waals surface area contributed by atoms with Crippen molar-refractivity contribution < 1.29 is 9.63 Å². The standard InChI is InChI=1S/C15H15N3O2/c1-10-17-15(20-18-10)9-16-8-13-12-5-3-2-4-11(12)6-7-14(13)19/h2-7,16,19H,8-9H2,1H3. The van der Waals surface area contributed by atoms with Crippen LogP contribution in [0, 0.1) is 6.92 Å². The minimum Gasteiger partial charge on any atom is -0.508 e. The number of aromatic hydroxyl groups is 1. The van der Waals surface area contributed by atoms with E-state index in [0.29, 0.717) is 24.8 Å². The van der Waals surface area contributed by atoms with Crippen molar-refractivity contribution in [2.45, 2.75) is 20.0 Å². The summed E-state index contributed by atoms with van der Waals surface area (Å²) in [6, 6.07) is 11.6. The van der Waals surface area contributed by atoms with E-state index in [1.54, 1.807) is 13.0 Å². The molecule has 0 aliphatic rings. The van der Waals surface area contributed by atoms with Gasteiger partial charge in [-0.25, -0.2) is 0 Å². The van der Waals surface area contributed by atoms with E-state index in [4.69, 9.17) is 4.52 Å². The molecule has 102 valence electrons. The van der Waals surface area contributed by atoms with Gasteiger partial charge in [0.05, 0.1) is 6.54 Å². The number of benzene rings is 2. The van der Waals surface area contributed by atoms with E-state index in [0.717, 1.165) is 16.3 Å². The lowest BCUT2D eigenvalue weighted by molar-refractivity contribution is 0.363. The van der Waals surface area contributed by atoms with Crippen molar-refractivity contribution >= 4 is 10.8 Å². The van der Waals surface area contributed by atoms with Gasteiger partial charge in [-0.15, -0.1) is 0 Å². The van der Waals surface area contributed by atoms with Crippen LogP contribution in [0.3, 0.4) is 0 Å². The summed E-state index contributed by atoms with van der Waals surface area (Å²) in [5, 5.41) is 19.1. The molecule has 0 bridgehead atoms. The van der Waals surface area contributed by atoms with Crippen molar-refractivity contribution in [3.05, 3.63) is 53.7 Å². The Bertz CT molecular complexity index is 737. The van der Waals surface area contributed by atoms with E-state index >= 15 is 0 Å². The second kappa shape index (κ2) is 5.30. The summed E-state index contributed by atoms with van der Waals surface area (Å²) in [6.45, 7) is 2.79. The fourth-order valence-corrected chi connectivity index (χ4v) is 2.22. The molecule has 0 aliphatic carbocycles. The predicted octanol–water partition coefficient (Wildman–Crippen LogP) is 2.53. The van der Waals surface area contributed by atoms with Crippen molar-refractivity contribution in [2.75, 3.05) is 0 Å². The Hall–Kier alpha value is -2.40. The summed E-state index contributed by atoms with van der Waals surface area (Å²) in [5.41, 5.74) is 0.874. The topological polar surface area (TPSA) is 71.2 Å². The van der Waals surface area contributed by atoms with Gasteiger partial charge in [0.15, 0.2) is 5.82 Å². The maximum absolute atomic E-state index is 10.0. The molecular formula is C15H15N3O2. The van der Waals surface area contributed by atoms with Gasteiger partial charge in [-0.3, -0.25) is 0 Å². The number of fused-ring (bicyclic) bond motifs is 1. The van der Waals surface area contributed by atoms with E-state index in [1.807, 2.05) is 30.3 Å². The summed E-state index contributed by atoms with van der Waals surface area (Å²) >= 11 is 0. The van der Waals surface area contributed by atoms with Crippen LogP contribution in [0.5, 0.6) is 5.75 Å². The Kier molecular flexibility index (Phi) is 3.35. The molecule has 3 rings (SSSR count). The molecule has 2 aromatic carbocycles.